The minimum absolute atomic E-state index is 0.175. The Hall–Kier alpha value is -2.33. The normalized spacial score (nSPS) is 12.5. The minimum Gasteiger partial charge on any atom is -0.486 e. The highest BCUT2D eigenvalue weighted by atomic mass is 16.5. The number of imidazole rings is 1. The van der Waals surface area contributed by atoms with E-state index in [0.29, 0.717) is 13.2 Å². The van der Waals surface area contributed by atoms with Crippen LogP contribution in [0.25, 0.3) is 11.0 Å². The molecule has 4 nitrogen and oxygen atoms in total. The van der Waals surface area contributed by atoms with Crippen molar-refractivity contribution in [2.24, 2.45) is 5.73 Å². The fourth-order valence-corrected chi connectivity index (χ4v) is 2.88. The lowest BCUT2D eigenvalue weighted by molar-refractivity contribution is 0.286. The first kappa shape index (κ1) is 16.5. The van der Waals surface area contributed by atoms with Gasteiger partial charge in [-0.3, -0.25) is 0 Å². The van der Waals surface area contributed by atoms with Crippen molar-refractivity contribution in [3.8, 4) is 5.75 Å². The van der Waals surface area contributed by atoms with E-state index < -0.39 is 0 Å². The molecule has 1 atom stereocenters. The fourth-order valence-electron chi connectivity index (χ4n) is 2.88. The fraction of sp³-hybridized carbons (Fsp3) is 0.350. The Kier molecular flexibility index (Phi) is 4.58. The lowest BCUT2D eigenvalue weighted by Crippen LogP contribution is -2.19. The first-order valence-electron chi connectivity index (χ1n) is 8.37. The largest absolute Gasteiger partial charge is 0.486 e. The van der Waals surface area contributed by atoms with Crippen molar-refractivity contribution in [3.05, 3.63) is 58.9 Å². The molecular formula is C20H25N3O. The number of fused-ring (bicyclic) bond motifs is 1. The predicted octanol–water partition coefficient (Wildman–Crippen LogP) is 4.06. The molecule has 3 aromatic rings. The third-order valence-corrected chi connectivity index (χ3v) is 4.55. The second-order valence-electron chi connectivity index (χ2n) is 6.51. The molecule has 0 fully saturated rings. The predicted molar refractivity (Wildman–Crippen MR) is 98.5 cm³/mol. The van der Waals surface area contributed by atoms with Crippen LogP contribution in [-0.4, -0.2) is 16.1 Å². The van der Waals surface area contributed by atoms with Crippen LogP contribution in [-0.2, 0) is 6.61 Å². The van der Waals surface area contributed by atoms with Crippen molar-refractivity contribution >= 4 is 11.0 Å². The van der Waals surface area contributed by atoms with Gasteiger partial charge in [0, 0.05) is 12.6 Å². The smallest absolute Gasteiger partial charge is 0.148 e. The van der Waals surface area contributed by atoms with Crippen LogP contribution in [0.4, 0.5) is 0 Å². The van der Waals surface area contributed by atoms with Crippen LogP contribution >= 0.6 is 0 Å². The van der Waals surface area contributed by atoms with Crippen molar-refractivity contribution in [2.75, 3.05) is 6.54 Å². The van der Waals surface area contributed by atoms with Crippen molar-refractivity contribution in [2.45, 2.75) is 40.3 Å². The van der Waals surface area contributed by atoms with Gasteiger partial charge in [0.25, 0.3) is 0 Å². The highest BCUT2D eigenvalue weighted by Crippen LogP contribution is 2.25. The summed E-state index contributed by atoms with van der Waals surface area (Å²) in [5.41, 5.74) is 11.8. The van der Waals surface area contributed by atoms with E-state index in [2.05, 4.69) is 44.4 Å². The highest BCUT2D eigenvalue weighted by Gasteiger charge is 2.16. The van der Waals surface area contributed by atoms with Crippen molar-refractivity contribution < 1.29 is 4.74 Å². The molecule has 0 saturated heterocycles. The number of rotatable bonds is 5. The second kappa shape index (κ2) is 6.65. The molecule has 3 rings (SSSR count). The first-order valence-corrected chi connectivity index (χ1v) is 8.37. The van der Waals surface area contributed by atoms with Gasteiger partial charge in [-0.25, -0.2) is 4.98 Å². The molecular weight excluding hydrogens is 298 g/mol. The molecule has 0 aliphatic rings. The maximum atomic E-state index is 5.95. The molecule has 0 spiro atoms. The van der Waals surface area contributed by atoms with Gasteiger partial charge in [0.2, 0.25) is 0 Å². The van der Waals surface area contributed by atoms with Crippen LogP contribution < -0.4 is 10.5 Å². The van der Waals surface area contributed by atoms with Crippen LogP contribution in [0.1, 0.15) is 35.5 Å². The Labute approximate surface area is 143 Å². The van der Waals surface area contributed by atoms with Gasteiger partial charge in [0.1, 0.15) is 18.2 Å². The van der Waals surface area contributed by atoms with E-state index in [-0.39, 0.29) is 6.04 Å². The van der Waals surface area contributed by atoms with Crippen molar-refractivity contribution in [1.29, 1.82) is 0 Å². The zero-order valence-corrected chi connectivity index (χ0v) is 14.8. The Morgan fingerprint density at radius 2 is 1.75 bits per heavy atom. The summed E-state index contributed by atoms with van der Waals surface area (Å²) in [6.07, 6.45) is 0. The van der Waals surface area contributed by atoms with Gasteiger partial charge in [0.05, 0.1) is 11.0 Å². The Balaban J connectivity index is 1.97. The number of nitrogens with zero attached hydrogens (tertiary/aromatic N) is 2. The third-order valence-electron chi connectivity index (χ3n) is 4.55. The Morgan fingerprint density at radius 1 is 1.08 bits per heavy atom. The first-order chi connectivity index (χ1) is 11.5. The molecule has 0 aliphatic carbocycles. The van der Waals surface area contributed by atoms with Crippen molar-refractivity contribution in [1.82, 2.24) is 9.55 Å². The number of aromatic nitrogens is 2. The summed E-state index contributed by atoms with van der Waals surface area (Å²) in [5, 5.41) is 0. The molecule has 2 aromatic carbocycles. The molecule has 126 valence electrons. The lowest BCUT2D eigenvalue weighted by atomic mass is 10.1. The average molecular weight is 323 g/mol. The summed E-state index contributed by atoms with van der Waals surface area (Å²) < 4.78 is 8.15. The number of ether oxygens (including phenoxy) is 1. The number of hydrogen-bond acceptors (Lipinski definition) is 3. The van der Waals surface area contributed by atoms with Gasteiger partial charge >= 0.3 is 0 Å². The Bertz CT molecular complexity index is 849. The summed E-state index contributed by atoms with van der Waals surface area (Å²) in [7, 11) is 0. The minimum atomic E-state index is 0.175. The van der Waals surface area contributed by atoms with Crippen LogP contribution in [0.15, 0.2) is 36.4 Å². The van der Waals surface area contributed by atoms with E-state index in [1.807, 2.05) is 24.3 Å². The molecule has 2 N–H and O–H groups in total. The molecule has 4 heteroatoms. The number of hydrogen-bond donors (Lipinski definition) is 1. The molecule has 24 heavy (non-hydrogen) atoms. The van der Waals surface area contributed by atoms with Gasteiger partial charge < -0.3 is 15.0 Å². The molecule has 1 aromatic heterocycles. The van der Waals surface area contributed by atoms with Crippen molar-refractivity contribution in [3.63, 3.8) is 0 Å². The maximum Gasteiger partial charge on any atom is 0.148 e. The number of nitrogens with two attached hydrogens (primary N) is 1. The van der Waals surface area contributed by atoms with E-state index in [0.717, 1.165) is 22.6 Å². The van der Waals surface area contributed by atoms with Gasteiger partial charge in [-0.2, -0.15) is 0 Å². The van der Waals surface area contributed by atoms with Gasteiger partial charge in [-0.05, 0) is 63.1 Å². The zero-order valence-electron chi connectivity index (χ0n) is 14.8. The lowest BCUT2D eigenvalue weighted by Gasteiger charge is -2.16. The van der Waals surface area contributed by atoms with E-state index in [1.165, 1.54) is 16.7 Å². The maximum absolute atomic E-state index is 5.95. The van der Waals surface area contributed by atoms with Gasteiger partial charge in [0.15, 0.2) is 0 Å². The highest BCUT2D eigenvalue weighted by molar-refractivity contribution is 5.78. The summed E-state index contributed by atoms with van der Waals surface area (Å²) in [6.45, 7) is 9.42. The topological polar surface area (TPSA) is 53.1 Å². The quantitative estimate of drug-likeness (QED) is 0.770. The standard InChI is InChI=1S/C20H25N3O/c1-13-5-7-17(8-6-13)24-12-20-22-18-9-14(2)15(3)10-19(18)23(20)16(4)11-21/h5-10,16H,11-12,21H2,1-4H3. The van der Waals surface area contributed by atoms with E-state index >= 15 is 0 Å². The van der Waals surface area contributed by atoms with Gasteiger partial charge in [-0.15, -0.1) is 0 Å². The molecule has 0 aliphatic heterocycles. The molecule has 0 amide bonds. The summed E-state index contributed by atoms with van der Waals surface area (Å²) in [4.78, 5) is 4.80. The average Bonchev–Trinajstić information content (AvgIpc) is 2.91. The van der Waals surface area contributed by atoms with Gasteiger partial charge in [-0.1, -0.05) is 17.7 Å². The van der Waals surface area contributed by atoms with E-state index in [4.69, 9.17) is 15.5 Å². The van der Waals surface area contributed by atoms with Crippen LogP contribution in [0.5, 0.6) is 5.75 Å². The molecule has 1 heterocycles. The molecule has 0 saturated carbocycles. The van der Waals surface area contributed by atoms with E-state index in [9.17, 15) is 0 Å². The van der Waals surface area contributed by atoms with Crippen LogP contribution in [0, 0.1) is 20.8 Å². The summed E-state index contributed by atoms with van der Waals surface area (Å²) >= 11 is 0. The number of benzene rings is 2. The molecule has 0 bridgehead atoms. The molecule has 1 unspecified atom stereocenters. The number of aryl methyl sites for hydroxylation is 3. The molecule has 0 radical (unpaired) electrons. The summed E-state index contributed by atoms with van der Waals surface area (Å²) in [6, 6.07) is 12.6. The zero-order chi connectivity index (χ0) is 17.3. The van der Waals surface area contributed by atoms with E-state index in [1.54, 1.807) is 0 Å². The Morgan fingerprint density at radius 3 is 2.42 bits per heavy atom. The monoisotopic (exact) mass is 323 g/mol. The summed E-state index contributed by atoms with van der Waals surface area (Å²) in [5.74, 6) is 1.76. The second-order valence-corrected chi connectivity index (χ2v) is 6.51. The third kappa shape index (κ3) is 3.15. The van der Waals surface area contributed by atoms with Crippen LogP contribution in [0.2, 0.25) is 0 Å². The van der Waals surface area contributed by atoms with Crippen LogP contribution in [0.3, 0.4) is 0 Å². The SMILES string of the molecule is Cc1ccc(OCc2nc3cc(C)c(C)cc3n2C(C)CN)cc1.